The van der Waals surface area contributed by atoms with Gasteiger partial charge in [-0.2, -0.15) is 0 Å². The van der Waals surface area contributed by atoms with Crippen molar-refractivity contribution < 1.29 is 0 Å². The Morgan fingerprint density at radius 1 is 1.25 bits per heavy atom. The summed E-state index contributed by atoms with van der Waals surface area (Å²) in [5.74, 6) is 3.58. The van der Waals surface area contributed by atoms with Crippen LogP contribution in [0, 0.1) is 23.2 Å². The van der Waals surface area contributed by atoms with E-state index in [1.54, 1.807) is 19.3 Å². The second-order valence-corrected chi connectivity index (χ2v) is 4.26. The van der Waals surface area contributed by atoms with Gasteiger partial charge in [0.1, 0.15) is 0 Å². The number of hydrogen-bond acceptors (Lipinski definition) is 0. The van der Waals surface area contributed by atoms with Gasteiger partial charge in [-0.1, -0.05) is 6.92 Å². The van der Waals surface area contributed by atoms with Gasteiger partial charge in [-0.05, 0) is 42.4 Å². The van der Waals surface area contributed by atoms with E-state index in [0.717, 1.165) is 5.41 Å². The highest BCUT2D eigenvalue weighted by Gasteiger charge is 2.71. The predicted molar refractivity (Wildman–Crippen MR) is 32.4 cm³/mol. The van der Waals surface area contributed by atoms with E-state index in [4.69, 9.17) is 0 Å². The molecule has 4 rings (SSSR count). The minimum absolute atomic E-state index is 0.894. The number of hydrogen-bond donors (Lipinski definition) is 0. The lowest BCUT2D eigenvalue weighted by atomic mass is 10.1. The molecule has 0 radical (unpaired) electrons. The maximum absolute atomic E-state index is 2.50. The van der Waals surface area contributed by atoms with Gasteiger partial charge < -0.3 is 0 Å². The summed E-state index contributed by atoms with van der Waals surface area (Å²) in [5.41, 5.74) is 0.894. The van der Waals surface area contributed by atoms with E-state index in [9.17, 15) is 0 Å². The van der Waals surface area contributed by atoms with Crippen LogP contribution in [0.5, 0.6) is 0 Å². The largest absolute Gasteiger partial charge is 0.0591 e. The molecule has 0 aromatic rings. The molecule has 0 aromatic heterocycles. The van der Waals surface area contributed by atoms with Gasteiger partial charge in [0, 0.05) is 0 Å². The van der Waals surface area contributed by atoms with Crippen LogP contribution < -0.4 is 0 Å². The summed E-state index contributed by atoms with van der Waals surface area (Å²) in [6.07, 6.45) is 4.78. The van der Waals surface area contributed by atoms with Gasteiger partial charge in [0.15, 0.2) is 0 Å². The van der Waals surface area contributed by atoms with E-state index in [0.29, 0.717) is 0 Å². The maximum atomic E-state index is 2.50. The van der Waals surface area contributed by atoms with Crippen LogP contribution >= 0.6 is 0 Å². The molecule has 4 aliphatic carbocycles. The first-order valence-corrected chi connectivity index (χ1v) is 3.81. The predicted octanol–water partition coefficient (Wildman–Crippen LogP) is 2.05. The van der Waals surface area contributed by atoms with Crippen LogP contribution in [0.4, 0.5) is 0 Å². The Bertz CT molecular complexity index is 136. The summed E-state index contributed by atoms with van der Waals surface area (Å²) in [4.78, 5) is 0. The molecule has 44 valence electrons. The monoisotopic (exact) mass is 108 g/mol. The van der Waals surface area contributed by atoms with Crippen molar-refractivity contribution in [3.05, 3.63) is 0 Å². The molecule has 0 saturated heterocycles. The van der Waals surface area contributed by atoms with Crippen molar-refractivity contribution in [2.75, 3.05) is 0 Å². The van der Waals surface area contributed by atoms with E-state index < -0.39 is 0 Å². The SMILES string of the molecule is CC12CC3CC1C2C3. The molecule has 4 bridgehead atoms. The summed E-state index contributed by atoms with van der Waals surface area (Å²) in [6.45, 7) is 2.50. The highest BCUT2D eigenvalue weighted by molar-refractivity contribution is 5.20. The van der Waals surface area contributed by atoms with Gasteiger partial charge in [-0.3, -0.25) is 0 Å². The average Bonchev–Trinajstić information content (AvgIpc) is 2.11. The van der Waals surface area contributed by atoms with Crippen molar-refractivity contribution >= 4 is 0 Å². The number of rotatable bonds is 0. The van der Waals surface area contributed by atoms with Crippen LogP contribution in [0.25, 0.3) is 0 Å². The zero-order valence-electron chi connectivity index (χ0n) is 5.35. The Labute approximate surface area is 50.3 Å². The van der Waals surface area contributed by atoms with Gasteiger partial charge in [0.2, 0.25) is 0 Å². The normalized spacial score (nSPS) is 73.9. The lowest BCUT2D eigenvalue weighted by Crippen LogP contribution is -1.87. The smallest absolute Gasteiger partial charge is 0.0261 e. The van der Waals surface area contributed by atoms with Gasteiger partial charge >= 0.3 is 0 Å². The zero-order chi connectivity index (χ0) is 5.35. The first-order chi connectivity index (χ1) is 3.81. The molecule has 2 atom stereocenters. The molecule has 4 aliphatic rings. The Kier molecular flexibility index (Phi) is 0.381. The minimum atomic E-state index is 0.894. The fraction of sp³-hybridized carbons (Fsp3) is 1.00. The quantitative estimate of drug-likeness (QED) is 0.445. The van der Waals surface area contributed by atoms with Gasteiger partial charge in [-0.25, -0.2) is 0 Å². The summed E-state index contributed by atoms with van der Waals surface area (Å²) >= 11 is 0. The summed E-state index contributed by atoms with van der Waals surface area (Å²) in [6, 6.07) is 0. The third-order valence-electron chi connectivity index (χ3n) is 3.97. The molecule has 4 fully saturated rings. The molecular weight excluding hydrogens is 96.1 g/mol. The first-order valence-electron chi connectivity index (χ1n) is 3.81. The highest BCUT2D eigenvalue weighted by atomic mass is 14.8. The summed E-state index contributed by atoms with van der Waals surface area (Å²) in [7, 11) is 0. The Morgan fingerprint density at radius 2 is 1.88 bits per heavy atom. The average molecular weight is 108 g/mol. The first kappa shape index (κ1) is 3.92. The topological polar surface area (TPSA) is 0 Å². The lowest BCUT2D eigenvalue weighted by Gasteiger charge is -1.96. The second kappa shape index (κ2) is 0.778. The minimum Gasteiger partial charge on any atom is -0.0591 e. The summed E-state index contributed by atoms with van der Waals surface area (Å²) < 4.78 is 0. The van der Waals surface area contributed by atoms with E-state index in [2.05, 4.69) is 6.92 Å². The van der Waals surface area contributed by atoms with Gasteiger partial charge in [-0.15, -0.1) is 0 Å². The molecule has 0 amide bonds. The molecule has 8 heavy (non-hydrogen) atoms. The molecule has 4 saturated carbocycles. The van der Waals surface area contributed by atoms with Gasteiger partial charge in [0.05, 0.1) is 0 Å². The second-order valence-electron chi connectivity index (χ2n) is 4.26. The van der Waals surface area contributed by atoms with E-state index >= 15 is 0 Å². The zero-order valence-corrected chi connectivity index (χ0v) is 5.35. The van der Waals surface area contributed by atoms with E-state index in [-0.39, 0.29) is 0 Å². The molecule has 0 nitrogen and oxygen atoms in total. The fourth-order valence-electron chi connectivity index (χ4n) is 3.54. The maximum Gasteiger partial charge on any atom is -0.0261 e. The van der Waals surface area contributed by atoms with E-state index in [1.807, 2.05) is 0 Å². The standard InChI is InChI=1S/C8H12/c1-8-4-5-2-6(8)7(8)3-5/h5-7H,2-4H2,1H3. The third-order valence-corrected chi connectivity index (χ3v) is 3.97. The van der Waals surface area contributed by atoms with Crippen molar-refractivity contribution in [3.63, 3.8) is 0 Å². The van der Waals surface area contributed by atoms with Crippen LogP contribution in [-0.4, -0.2) is 0 Å². The van der Waals surface area contributed by atoms with Crippen LogP contribution in [0.1, 0.15) is 26.2 Å². The highest BCUT2D eigenvalue weighted by Crippen LogP contribution is 2.78. The van der Waals surface area contributed by atoms with E-state index in [1.165, 1.54) is 17.8 Å². The van der Waals surface area contributed by atoms with Crippen LogP contribution in [0.3, 0.4) is 0 Å². The van der Waals surface area contributed by atoms with Crippen molar-refractivity contribution in [2.45, 2.75) is 26.2 Å². The molecule has 0 aliphatic heterocycles. The third kappa shape index (κ3) is 0.206. The van der Waals surface area contributed by atoms with Crippen molar-refractivity contribution in [3.8, 4) is 0 Å². The molecule has 0 spiro atoms. The molecule has 0 N–H and O–H groups in total. The molecule has 0 aromatic carbocycles. The van der Waals surface area contributed by atoms with Crippen LogP contribution in [0.15, 0.2) is 0 Å². The van der Waals surface area contributed by atoms with Gasteiger partial charge in [0.25, 0.3) is 0 Å². The fourth-order valence-corrected chi connectivity index (χ4v) is 3.54. The Morgan fingerprint density at radius 3 is 2.00 bits per heavy atom. The molecule has 2 unspecified atom stereocenters. The van der Waals surface area contributed by atoms with Crippen LogP contribution in [-0.2, 0) is 0 Å². The molecule has 0 heteroatoms. The van der Waals surface area contributed by atoms with Crippen LogP contribution in [0.2, 0.25) is 0 Å². The Balaban J connectivity index is 2.16. The molecule has 0 heterocycles. The Hall–Kier alpha value is 0. The molecular formula is C8H12. The van der Waals surface area contributed by atoms with Crippen molar-refractivity contribution in [1.29, 1.82) is 0 Å². The van der Waals surface area contributed by atoms with Crippen molar-refractivity contribution in [1.82, 2.24) is 0 Å². The summed E-state index contributed by atoms with van der Waals surface area (Å²) in [5, 5.41) is 0. The lowest BCUT2D eigenvalue weighted by molar-refractivity contribution is 0.537. The van der Waals surface area contributed by atoms with Crippen molar-refractivity contribution in [2.24, 2.45) is 23.2 Å².